The van der Waals surface area contributed by atoms with Crippen LogP contribution in [-0.2, 0) is 0 Å². The van der Waals surface area contributed by atoms with E-state index in [9.17, 15) is 0 Å². The average molecular weight is 141 g/mol. The largest absolute Gasteiger partial charge is 0.265 e. The van der Waals surface area contributed by atoms with Gasteiger partial charge in [-0.15, -0.1) is 0 Å². The van der Waals surface area contributed by atoms with Crippen molar-refractivity contribution >= 4 is 11.6 Å². The first kappa shape index (κ1) is 7.93. The zero-order valence-electron chi connectivity index (χ0n) is 4.66. The maximum absolute atomic E-state index is 7.08. The molecule has 1 heterocycles. The number of rotatable bonds is 0. The van der Waals surface area contributed by atoms with Crippen LogP contribution in [0.15, 0.2) is 30.6 Å². The Kier molecular flexibility index (Phi) is 6.11. The maximum Gasteiger partial charge on any atom is 0.173 e. The van der Waals surface area contributed by atoms with Gasteiger partial charge in [0.05, 0.1) is 0 Å². The molecular weight excluding hydrogens is 136 g/mol. The molecule has 0 N–H and O–H groups in total. The second-order valence-corrected chi connectivity index (χ2v) is 1.28. The predicted molar refractivity (Wildman–Crippen MR) is 35.7 cm³/mol. The molecule has 0 saturated heterocycles. The Labute approximate surface area is 58.7 Å². The minimum atomic E-state index is 1.22. The van der Waals surface area contributed by atoms with Gasteiger partial charge in [0.1, 0.15) is 0 Å². The van der Waals surface area contributed by atoms with Crippen molar-refractivity contribution in [1.29, 1.82) is 5.26 Å². The van der Waals surface area contributed by atoms with E-state index < -0.39 is 0 Å². The number of pyridine rings is 1. The van der Waals surface area contributed by atoms with E-state index in [1.165, 1.54) is 5.53 Å². The molecule has 0 radical (unpaired) electrons. The summed E-state index contributed by atoms with van der Waals surface area (Å²) in [7, 11) is 0. The van der Waals surface area contributed by atoms with Crippen LogP contribution in [0.3, 0.4) is 0 Å². The molecule has 0 unspecified atom stereocenters. The lowest BCUT2D eigenvalue weighted by Gasteiger charge is -1.70. The predicted octanol–water partition coefficient (Wildman–Crippen LogP) is 1.79. The molecule has 0 spiro atoms. The monoisotopic (exact) mass is 140 g/mol. The Morgan fingerprint density at radius 2 is 1.67 bits per heavy atom. The van der Waals surface area contributed by atoms with E-state index in [2.05, 4.69) is 16.6 Å². The summed E-state index contributed by atoms with van der Waals surface area (Å²) in [5.41, 5.74) is 1.22. The lowest BCUT2D eigenvalue weighted by molar-refractivity contribution is 1.33. The van der Waals surface area contributed by atoms with Gasteiger partial charge in [-0.25, -0.2) is 0 Å². The highest BCUT2D eigenvalue weighted by Gasteiger charge is 1.58. The lowest BCUT2D eigenvalue weighted by atomic mass is 10.5. The first-order chi connectivity index (χ1) is 4.41. The minimum absolute atomic E-state index is 1.22. The SMILES string of the molecule is N#CCl.c1ccncc1. The fourth-order valence-electron chi connectivity index (χ4n) is 0.313. The number of halogens is 1. The number of hydrogen-bond donors (Lipinski definition) is 0. The van der Waals surface area contributed by atoms with E-state index in [0.29, 0.717) is 0 Å². The molecule has 2 nitrogen and oxygen atoms in total. The molecule has 0 aromatic carbocycles. The van der Waals surface area contributed by atoms with Crippen molar-refractivity contribution < 1.29 is 0 Å². The molecule has 0 bridgehead atoms. The van der Waals surface area contributed by atoms with E-state index in [-0.39, 0.29) is 0 Å². The first-order valence-electron chi connectivity index (χ1n) is 2.26. The molecule has 0 saturated carbocycles. The van der Waals surface area contributed by atoms with Gasteiger partial charge < -0.3 is 0 Å². The number of nitrogens with zero attached hydrogens (tertiary/aromatic N) is 2. The van der Waals surface area contributed by atoms with Crippen LogP contribution in [0, 0.1) is 10.8 Å². The van der Waals surface area contributed by atoms with E-state index in [1.807, 2.05) is 18.2 Å². The molecule has 0 fully saturated rings. The van der Waals surface area contributed by atoms with Crippen molar-refractivity contribution in [3.05, 3.63) is 30.6 Å². The first-order valence-corrected chi connectivity index (χ1v) is 2.64. The molecule has 1 aromatic heterocycles. The van der Waals surface area contributed by atoms with Crippen LogP contribution in [0.5, 0.6) is 0 Å². The molecule has 0 atom stereocenters. The van der Waals surface area contributed by atoms with Gasteiger partial charge in [0.2, 0.25) is 0 Å². The fraction of sp³-hybridized carbons (Fsp3) is 0. The summed E-state index contributed by atoms with van der Waals surface area (Å²) < 4.78 is 0. The third-order valence-corrected chi connectivity index (χ3v) is 0.566. The van der Waals surface area contributed by atoms with Gasteiger partial charge in [-0.1, -0.05) is 6.07 Å². The average Bonchev–Trinajstić information content (AvgIpc) is 1.93. The molecule has 0 aliphatic rings. The standard InChI is InChI=1S/C5H5N.CClN/c1-2-4-6-5-3-1;2-1-3/h1-5H;. The van der Waals surface area contributed by atoms with Crippen LogP contribution in [0.4, 0.5) is 0 Å². The van der Waals surface area contributed by atoms with Gasteiger partial charge in [0, 0.05) is 24.0 Å². The third-order valence-electron chi connectivity index (χ3n) is 0.566. The molecule has 1 aromatic rings. The summed E-state index contributed by atoms with van der Waals surface area (Å²) in [4.78, 5) is 3.78. The van der Waals surface area contributed by atoms with Crippen LogP contribution < -0.4 is 0 Å². The minimum Gasteiger partial charge on any atom is -0.265 e. The maximum atomic E-state index is 7.08. The number of nitriles is 1. The van der Waals surface area contributed by atoms with Crippen LogP contribution >= 0.6 is 11.6 Å². The second kappa shape index (κ2) is 6.93. The zero-order chi connectivity index (χ0) is 6.95. The van der Waals surface area contributed by atoms with Gasteiger partial charge in [0.25, 0.3) is 0 Å². The molecule has 0 aliphatic heterocycles. The summed E-state index contributed by atoms with van der Waals surface area (Å²) in [5.74, 6) is 0. The Morgan fingerprint density at radius 3 is 1.78 bits per heavy atom. The molecule has 46 valence electrons. The van der Waals surface area contributed by atoms with Crippen molar-refractivity contribution in [2.75, 3.05) is 0 Å². The quantitative estimate of drug-likeness (QED) is 0.551. The number of hydrogen-bond acceptors (Lipinski definition) is 2. The summed E-state index contributed by atoms with van der Waals surface area (Å²) >= 11 is 4.30. The van der Waals surface area contributed by atoms with Crippen LogP contribution in [-0.4, -0.2) is 4.98 Å². The lowest BCUT2D eigenvalue weighted by Crippen LogP contribution is -1.58. The molecule has 9 heavy (non-hydrogen) atoms. The molecule has 0 aliphatic carbocycles. The van der Waals surface area contributed by atoms with Crippen molar-refractivity contribution in [1.82, 2.24) is 4.98 Å². The smallest absolute Gasteiger partial charge is 0.173 e. The van der Waals surface area contributed by atoms with Crippen LogP contribution in [0.25, 0.3) is 0 Å². The summed E-state index contributed by atoms with van der Waals surface area (Å²) in [5, 5.41) is 7.08. The molecule has 3 heteroatoms. The van der Waals surface area contributed by atoms with Crippen molar-refractivity contribution in [3.8, 4) is 5.53 Å². The Bertz CT molecular complexity index is 141. The summed E-state index contributed by atoms with van der Waals surface area (Å²) in [6, 6.07) is 5.72. The third kappa shape index (κ3) is 6.93. The number of aromatic nitrogens is 1. The Morgan fingerprint density at radius 1 is 1.22 bits per heavy atom. The van der Waals surface area contributed by atoms with Crippen LogP contribution in [0.2, 0.25) is 0 Å². The summed E-state index contributed by atoms with van der Waals surface area (Å²) in [6.45, 7) is 0. The normalized spacial score (nSPS) is 6.22. The fourth-order valence-corrected chi connectivity index (χ4v) is 0.313. The van der Waals surface area contributed by atoms with E-state index in [0.717, 1.165) is 0 Å². The van der Waals surface area contributed by atoms with Crippen molar-refractivity contribution in [3.63, 3.8) is 0 Å². The van der Waals surface area contributed by atoms with Crippen molar-refractivity contribution in [2.24, 2.45) is 0 Å². The van der Waals surface area contributed by atoms with Crippen LogP contribution in [0.1, 0.15) is 0 Å². The topological polar surface area (TPSA) is 36.7 Å². The van der Waals surface area contributed by atoms with E-state index in [1.54, 1.807) is 12.4 Å². The Hall–Kier alpha value is -1.07. The highest BCUT2D eigenvalue weighted by molar-refractivity contribution is 6.28. The molecular formula is C6H5ClN2. The van der Waals surface area contributed by atoms with Gasteiger partial charge in [-0.05, 0) is 12.1 Å². The van der Waals surface area contributed by atoms with Gasteiger partial charge >= 0.3 is 0 Å². The highest BCUT2D eigenvalue weighted by atomic mass is 35.5. The van der Waals surface area contributed by atoms with Gasteiger partial charge in [-0.2, -0.15) is 5.26 Å². The van der Waals surface area contributed by atoms with E-state index >= 15 is 0 Å². The highest BCUT2D eigenvalue weighted by Crippen LogP contribution is 1.73. The zero-order valence-corrected chi connectivity index (χ0v) is 5.42. The van der Waals surface area contributed by atoms with Crippen molar-refractivity contribution in [2.45, 2.75) is 0 Å². The Balaban J connectivity index is 0.000000187. The second-order valence-electron chi connectivity index (χ2n) is 1.11. The molecule has 1 rings (SSSR count). The molecule has 0 amide bonds. The van der Waals surface area contributed by atoms with Gasteiger partial charge in [-0.3, -0.25) is 4.98 Å². The summed E-state index contributed by atoms with van der Waals surface area (Å²) in [6.07, 6.45) is 3.50. The van der Waals surface area contributed by atoms with E-state index in [4.69, 9.17) is 5.26 Å². The van der Waals surface area contributed by atoms with Gasteiger partial charge in [0.15, 0.2) is 5.53 Å².